The number of piperidine rings is 1. The molecular weight excluding hydrogens is 258 g/mol. The molecule has 0 aliphatic carbocycles. The first-order valence-corrected chi connectivity index (χ1v) is 7.85. The van der Waals surface area contributed by atoms with Gasteiger partial charge in [0.25, 0.3) is 0 Å². The lowest BCUT2D eigenvalue weighted by molar-refractivity contribution is 0.199. The molecule has 21 heavy (non-hydrogen) atoms. The zero-order valence-corrected chi connectivity index (χ0v) is 13.3. The summed E-state index contributed by atoms with van der Waals surface area (Å²) in [6, 6.07) is 8.22. The number of fused-ring (bicyclic) bond motifs is 1. The number of nitrogens with zero attached hydrogens (tertiary/aromatic N) is 2. The Bertz CT molecular complexity index is 634. The lowest BCUT2D eigenvalue weighted by atomic mass is 9.75. The van der Waals surface area contributed by atoms with Crippen LogP contribution in [0.5, 0.6) is 0 Å². The fraction of sp³-hybridized carbons (Fsp3) is 0.500. The number of nitrogens with two attached hydrogens (primary N) is 1. The zero-order chi connectivity index (χ0) is 15.0. The highest BCUT2D eigenvalue weighted by Gasteiger charge is 2.29. The largest absolute Gasteiger partial charge is 0.396 e. The van der Waals surface area contributed by atoms with Crippen molar-refractivity contribution in [2.45, 2.75) is 33.6 Å². The fourth-order valence-corrected chi connectivity index (χ4v) is 3.43. The van der Waals surface area contributed by atoms with Gasteiger partial charge in [0.2, 0.25) is 0 Å². The van der Waals surface area contributed by atoms with Crippen molar-refractivity contribution in [2.24, 2.45) is 11.3 Å². The van der Waals surface area contributed by atoms with Crippen LogP contribution in [0.3, 0.4) is 0 Å². The van der Waals surface area contributed by atoms with Gasteiger partial charge in [-0.15, -0.1) is 0 Å². The van der Waals surface area contributed by atoms with Crippen LogP contribution in [0, 0.1) is 11.3 Å². The maximum atomic E-state index is 6.39. The normalized spacial score (nSPS) is 17.4. The van der Waals surface area contributed by atoms with Gasteiger partial charge in [0.1, 0.15) is 0 Å². The molecule has 1 aromatic carbocycles. The van der Waals surface area contributed by atoms with Gasteiger partial charge in [0.05, 0.1) is 16.9 Å². The van der Waals surface area contributed by atoms with Crippen LogP contribution in [0.25, 0.3) is 10.9 Å². The Labute approximate surface area is 127 Å². The van der Waals surface area contributed by atoms with Gasteiger partial charge in [-0.1, -0.05) is 20.8 Å². The summed E-state index contributed by atoms with van der Waals surface area (Å²) in [6.45, 7) is 9.24. The van der Waals surface area contributed by atoms with Crippen LogP contribution in [-0.2, 0) is 0 Å². The standard InChI is InChI=1S/C18H25N3/c1-18(2,3)13-8-11-21(12-9-13)16-7-6-15-14(17(16)19)5-4-10-20-15/h4-7,10,13H,8-9,11-12,19H2,1-3H3. The smallest absolute Gasteiger partial charge is 0.0724 e. The van der Waals surface area contributed by atoms with Crippen LogP contribution in [0.2, 0.25) is 0 Å². The molecule has 3 rings (SSSR count). The van der Waals surface area contributed by atoms with E-state index in [4.69, 9.17) is 5.73 Å². The Morgan fingerprint density at radius 2 is 1.86 bits per heavy atom. The second kappa shape index (κ2) is 5.21. The van der Waals surface area contributed by atoms with Gasteiger partial charge in [-0.2, -0.15) is 0 Å². The summed E-state index contributed by atoms with van der Waals surface area (Å²) < 4.78 is 0. The third kappa shape index (κ3) is 2.69. The van der Waals surface area contributed by atoms with Crippen molar-refractivity contribution in [3.63, 3.8) is 0 Å². The molecule has 0 saturated carbocycles. The summed E-state index contributed by atoms with van der Waals surface area (Å²) in [4.78, 5) is 6.81. The van der Waals surface area contributed by atoms with Crippen LogP contribution in [0.4, 0.5) is 11.4 Å². The molecule has 3 heteroatoms. The maximum Gasteiger partial charge on any atom is 0.0724 e. The van der Waals surface area contributed by atoms with Crippen molar-refractivity contribution < 1.29 is 0 Å². The van der Waals surface area contributed by atoms with Crippen LogP contribution in [-0.4, -0.2) is 18.1 Å². The highest BCUT2D eigenvalue weighted by Crippen LogP contribution is 2.38. The summed E-state index contributed by atoms with van der Waals surface area (Å²) in [5.41, 5.74) is 9.81. The minimum atomic E-state index is 0.408. The number of anilines is 2. The molecule has 0 amide bonds. The summed E-state index contributed by atoms with van der Waals surface area (Å²) in [5, 5.41) is 1.06. The van der Waals surface area contributed by atoms with E-state index >= 15 is 0 Å². The molecule has 2 heterocycles. The molecular formula is C18H25N3. The molecule has 0 radical (unpaired) electrons. The van der Waals surface area contributed by atoms with Crippen LogP contribution >= 0.6 is 0 Å². The van der Waals surface area contributed by atoms with E-state index in [1.807, 2.05) is 12.3 Å². The zero-order valence-electron chi connectivity index (χ0n) is 13.3. The van der Waals surface area contributed by atoms with E-state index in [9.17, 15) is 0 Å². The second-order valence-corrected chi connectivity index (χ2v) is 7.20. The number of pyridine rings is 1. The molecule has 1 aliphatic rings. The summed E-state index contributed by atoms with van der Waals surface area (Å²) in [6.07, 6.45) is 4.30. The van der Waals surface area contributed by atoms with Gasteiger partial charge < -0.3 is 10.6 Å². The van der Waals surface area contributed by atoms with Crippen molar-refractivity contribution in [3.8, 4) is 0 Å². The minimum absolute atomic E-state index is 0.408. The van der Waals surface area contributed by atoms with Crippen LogP contribution in [0.15, 0.2) is 30.5 Å². The van der Waals surface area contributed by atoms with E-state index < -0.39 is 0 Å². The predicted molar refractivity (Wildman–Crippen MR) is 90.5 cm³/mol. The van der Waals surface area contributed by atoms with E-state index in [-0.39, 0.29) is 0 Å². The van der Waals surface area contributed by atoms with Gasteiger partial charge in [-0.05, 0) is 48.4 Å². The van der Waals surface area contributed by atoms with E-state index in [0.29, 0.717) is 5.41 Å². The van der Waals surface area contributed by atoms with Crippen molar-refractivity contribution in [1.29, 1.82) is 0 Å². The number of hydrogen-bond donors (Lipinski definition) is 1. The van der Waals surface area contributed by atoms with Gasteiger partial charge in [-0.25, -0.2) is 0 Å². The van der Waals surface area contributed by atoms with Crippen LogP contribution in [0.1, 0.15) is 33.6 Å². The van der Waals surface area contributed by atoms with Gasteiger partial charge in [-0.3, -0.25) is 4.98 Å². The van der Waals surface area contributed by atoms with E-state index in [2.05, 4.69) is 48.9 Å². The number of aromatic nitrogens is 1. The lowest BCUT2D eigenvalue weighted by Crippen LogP contribution is -2.38. The molecule has 1 aromatic heterocycles. The third-order valence-electron chi connectivity index (χ3n) is 4.86. The third-order valence-corrected chi connectivity index (χ3v) is 4.86. The monoisotopic (exact) mass is 283 g/mol. The number of nitrogen functional groups attached to an aromatic ring is 1. The highest BCUT2D eigenvalue weighted by atomic mass is 15.1. The highest BCUT2D eigenvalue weighted by molar-refractivity contribution is 5.97. The Morgan fingerprint density at radius 1 is 1.14 bits per heavy atom. The molecule has 1 fully saturated rings. The molecule has 2 N–H and O–H groups in total. The molecule has 0 unspecified atom stereocenters. The molecule has 0 spiro atoms. The summed E-state index contributed by atoms with van der Waals surface area (Å²) in [5.74, 6) is 0.803. The van der Waals surface area contributed by atoms with Gasteiger partial charge >= 0.3 is 0 Å². The molecule has 2 aromatic rings. The van der Waals surface area contributed by atoms with E-state index in [1.54, 1.807) is 0 Å². The second-order valence-electron chi connectivity index (χ2n) is 7.20. The lowest BCUT2D eigenvalue weighted by Gasteiger charge is -2.40. The number of benzene rings is 1. The first kappa shape index (κ1) is 14.2. The van der Waals surface area contributed by atoms with E-state index in [0.717, 1.165) is 35.6 Å². The van der Waals surface area contributed by atoms with Crippen molar-refractivity contribution in [2.75, 3.05) is 23.7 Å². The number of hydrogen-bond acceptors (Lipinski definition) is 3. The minimum Gasteiger partial charge on any atom is -0.396 e. The first-order chi connectivity index (χ1) is 9.97. The van der Waals surface area contributed by atoms with Gasteiger partial charge in [0.15, 0.2) is 0 Å². The molecule has 1 saturated heterocycles. The molecule has 0 bridgehead atoms. The Morgan fingerprint density at radius 3 is 2.52 bits per heavy atom. The summed E-state index contributed by atoms with van der Waals surface area (Å²) in [7, 11) is 0. The SMILES string of the molecule is CC(C)(C)C1CCN(c2ccc3ncccc3c2N)CC1. The van der Waals surface area contributed by atoms with Crippen molar-refractivity contribution >= 4 is 22.3 Å². The van der Waals surface area contributed by atoms with Crippen molar-refractivity contribution in [1.82, 2.24) is 4.98 Å². The molecule has 0 atom stereocenters. The average Bonchev–Trinajstić information content (AvgIpc) is 2.47. The van der Waals surface area contributed by atoms with Crippen LogP contribution < -0.4 is 10.6 Å². The Kier molecular flexibility index (Phi) is 3.52. The van der Waals surface area contributed by atoms with Gasteiger partial charge in [0, 0.05) is 24.7 Å². The number of rotatable bonds is 1. The predicted octanol–water partition coefficient (Wildman–Crippen LogP) is 4.08. The molecule has 3 nitrogen and oxygen atoms in total. The maximum absolute atomic E-state index is 6.39. The average molecular weight is 283 g/mol. The fourth-order valence-electron chi connectivity index (χ4n) is 3.43. The topological polar surface area (TPSA) is 42.2 Å². The quantitative estimate of drug-likeness (QED) is 0.802. The summed E-state index contributed by atoms with van der Waals surface area (Å²) >= 11 is 0. The molecule has 112 valence electrons. The Balaban J connectivity index is 1.84. The van der Waals surface area contributed by atoms with Crippen molar-refractivity contribution in [3.05, 3.63) is 30.5 Å². The first-order valence-electron chi connectivity index (χ1n) is 7.85. The molecule has 1 aliphatic heterocycles. The Hall–Kier alpha value is -1.77. The van der Waals surface area contributed by atoms with E-state index in [1.165, 1.54) is 18.5 Å².